The van der Waals surface area contributed by atoms with Crippen molar-refractivity contribution in [3.63, 3.8) is 0 Å². The van der Waals surface area contributed by atoms with E-state index in [1.807, 2.05) is 30.3 Å². The maximum atomic E-state index is 13.2. The van der Waals surface area contributed by atoms with Crippen molar-refractivity contribution in [1.82, 2.24) is 5.32 Å². The second-order valence-electron chi connectivity index (χ2n) is 6.52. The van der Waals surface area contributed by atoms with E-state index in [1.54, 1.807) is 12.1 Å². The molecule has 0 aliphatic heterocycles. The molecule has 25 heavy (non-hydrogen) atoms. The Morgan fingerprint density at radius 3 is 2.32 bits per heavy atom. The van der Waals surface area contributed by atoms with E-state index in [4.69, 9.17) is 5.73 Å². The minimum atomic E-state index is -0.284. The van der Waals surface area contributed by atoms with E-state index in [0.717, 1.165) is 30.4 Å². The van der Waals surface area contributed by atoms with Crippen LogP contribution in [-0.2, 0) is 4.79 Å². The maximum absolute atomic E-state index is 13.2. The van der Waals surface area contributed by atoms with Gasteiger partial charge in [-0.15, -0.1) is 12.4 Å². The third-order valence-electron chi connectivity index (χ3n) is 4.81. The van der Waals surface area contributed by atoms with Gasteiger partial charge in [0.2, 0.25) is 5.91 Å². The van der Waals surface area contributed by atoms with E-state index in [2.05, 4.69) is 5.32 Å². The van der Waals surface area contributed by atoms with Crippen LogP contribution in [0.5, 0.6) is 0 Å². The summed E-state index contributed by atoms with van der Waals surface area (Å²) in [6.07, 6.45) is 3.56. The summed E-state index contributed by atoms with van der Waals surface area (Å²) in [5, 5.41) is 3.10. The van der Waals surface area contributed by atoms with Gasteiger partial charge >= 0.3 is 0 Å². The Hall–Kier alpha value is -1.91. The molecule has 3 N–H and O–H groups in total. The Morgan fingerprint density at radius 1 is 1.08 bits per heavy atom. The van der Waals surface area contributed by atoms with Crippen molar-refractivity contribution >= 4 is 18.3 Å². The van der Waals surface area contributed by atoms with Crippen LogP contribution >= 0.6 is 12.4 Å². The molecule has 1 fully saturated rings. The molecule has 0 saturated heterocycles. The fraction of sp³-hybridized carbons (Fsp3) is 0.350. The first-order valence-corrected chi connectivity index (χ1v) is 8.49. The molecule has 1 saturated carbocycles. The molecule has 2 aromatic rings. The van der Waals surface area contributed by atoms with Gasteiger partial charge in [0.1, 0.15) is 5.82 Å². The van der Waals surface area contributed by atoms with Crippen molar-refractivity contribution in [3.05, 3.63) is 71.5 Å². The summed E-state index contributed by atoms with van der Waals surface area (Å²) in [5.74, 6) is -0.0287. The predicted octanol–water partition coefficient (Wildman–Crippen LogP) is 3.97. The summed E-state index contributed by atoms with van der Waals surface area (Å²) in [6, 6.07) is 15.9. The Bertz CT molecular complexity index is 678. The van der Waals surface area contributed by atoms with E-state index < -0.39 is 0 Å². The highest BCUT2D eigenvalue weighted by Gasteiger charge is 2.27. The van der Waals surface area contributed by atoms with Crippen LogP contribution in [0.1, 0.15) is 42.9 Å². The molecule has 134 valence electrons. The molecule has 0 heterocycles. The maximum Gasteiger partial charge on any atom is 0.221 e. The van der Waals surface area contributed by atoms with Crippen LogP contribution in [-0.4, -0.2) is 11.9 Å². The van der Waals surface area contributed by atoms with Gasteiger partial charge in [0, 0.05) is 12.5 Å². The van der Waals surface area contributed by atoms with E-state index in [0.29, 0.717) is 6.42 Å². The molecule has 0 radical (unpaired) electrons. The van der Waals surface area contributed by atoms with Gasteiger partial charge in [0.15, 0.2) is 0 Å². The van der Waals surface area contributed by atoms with Crippen LogP contribution in [0.4, 0.5) is 4.39 Å². The highest BCUT2D eigenvalue weighted by molar-refractivity contribution is 5.85. The number of hydrogen-bond donors (Lipinski definition) is 2. The SMILES string of the molecule is Cl.N[C@@H]1CCC[C@H]1CC(=O)NC(c1ccccc1)c1ccc(F)cc1. The molecule has 3 rings (SSSR count). The lowest BCUT2D eigenvalue weighted by Crippen LogP contribution is -2.34. The number of halogens is 2. The van der Waals surface area contributed by atoms with Crippen LogP contribution in [0.2, 0.25) is 0 Å². The van der Waals surface area contributed by atoms with Crippen LogP contribution in [0.25, 0.3) is 0 Å². The fourth-order valence-corrected chi connectivity index (χ4v) is 3.44. The average Bonchev–Trinajstić information content (AvgIpc) is 2.99. The lowest BCUT2D eigenvalue weighted by Gasteiger charge is -2.22. The largest absolute Gasteiger partial charge is 0.345 e. The molecule has 5 heteroatoms. The lowest BCUT2D eigenvalue weighted by atomic mass is 9.96. The van der Waals surface area contributed by atoms with Crippen molar-refractivity contribution in [2.75, 3.05) is 0 Å². The van der Waals surface area contributed by atoms with Crippen molar-refractivity contribution < 1.29 is 9.18 Å². The lowest BCUT2D eigenvalue weighted by molar-refractivity contribution is -0.122. The number of nitrogens with two attached hydrogens (primary N) is 1. The second-order valence-corrected chi connectivity index (χ2v) is 6.52. The van der Waals surface area contributed by atoms with Gasteiger partial charge in [0.05, 0.1) is 6.04 Å². The van der Waals surface area contributed by atoms with Gasteiger partial charge < -0.3 is 11.1 Å². The smallest absolute Gasteiger partial charge is 0.221 e. The molecule has 1 aliphatic rings. The molecule has 2 aromatic carbocycles. The predicted molar refractivity (Wildman–Crippen MR) is 100 cm³/mol. The molecule has 3 nitrogen and oxygen atoms in total. The normalized spacial score (nSPS) is 20.6. The van der Waals surface area contributed by atoms with Gasteiger partial charge in [-0.25, -0.2) is 4.39 Å². The van der Waals surface area contributed by atoms with Crippen molar-refractivity contribution in [2.24, 2.45) is 11.7 Å². The van der Waals surface area contributed by atoms with Crippen LogP contribution in [0.15, 0.2) is 54.6 Å². The summed E-state index contributed by atoms with van der Waals surface area (Å²) in [4.78, 5) is 12.5. The number of amides is 1. The topological polar surface area (TPSA) is 55.1 Å². The van der Waals surface area contributed by atoms with E-state index in [9.17, 15) is 9.18 Å². The highest BCUT2D eigenvalue weighted by Crippen LogP contribution is 2.28. The van der Waals surface area contributed by atoms with Crippen LogP contribution in [0, 0.1) is 11.7 Å². The summed E-state index contributed by atoms with van der Waals surface area (Å²) < 4.78 is 13.2. The molecule has 0 spiro atoms. The van der Waals surface area contributed by atoms with E-state index in [1.165, 1.54) is 12.1 Å². The van der Waals surface area contributed by atoms with Gasteiger partial charge in [-0.3, -0.25) is 4.79 Å². The molecular weight excluding hydrogens is 339 g/mol. The summed E-state index contributed by atoms with van der Waals surface area (Å²) in [6.45, 7) is 0. The Labute approximate surface area is 154 Å². The quantitative estimate of drug-likeness (QED) is 0.845. The first-order chi connectivity index (χ1) is 11.6. The zero-order valence-electron chi connectivity index (χ0n) is 14.0. The molecular formula is C20H24ClFN2O. The zero-order chi connectivity index (χ0) is 16.9. The van der Waals surface area contributed by atoms with Gasteiger partial charge in [-0.05, 0) is 42.0 Å². The second kappa shape index (κ2) is 8.97. The van der Waals surface area contributed by atoms with Gasteiger partial charge in [-0.1, -0.05) is 48.9 Å². The van der Waals surface area contributed by atoms with Crippen LogP contribution in [0.3, 0.4) is 0 Å². The average molecular weight is 363 g/mol. The zero-order valence-corrected chi connectivity index (χ0v) is 14.8. The van der Waals surface area contributed by atoms with Gasteiger partial charge in [0.25, 0.3) is 0 Å². The van der Waals surface area contributed by atoms with E-state index >= 15 is 0 Å². The van der Waals surface area contributed by atoms with Crippen molar-refractivity contribution in [2.45, 2.75) is 37.8 Å². The third-order valence-corrected chi connectivity index (χ3v) is 4.81. The molecule has 3 atom stereocenters. The molecule has 0 aromatic heterocycles. The standard InChI is InChI=1S/C20H23FN2O.ClH/c21-17-11-9-15(10-12-17)20(14-5-2-1-3-6-14)23-19(24)13-16-7-4-8-18(16)22;/h1-3,5-6,9-12,16,18,20H,4,7-8,13,22H2,(H,23,24);1H/t16-,18+,20?;/m0./s1. The van der Waals surface area contributed by atoms with Crippen LogP contribution < -0.4 is 11.1 Å². The molecule has 0 bridgehead atoms. The van der Waals surface area contributed by atoms with Crippen molar-refractivity contribution in [1.29, 1.82) is 0 Å². The number of carbonyl (C=O) groups is 1. The number of nitrogens with one attached hydrogen (secondary N) is 1. The molecule has 1 amide bonds. The first kappa shape index (κ1) is 19.4. The summed E-state index contributed by atoms with van der Waals surface area (Å²) in [5.41, 5.74) is 7.92. The highest BCUT2D eigenvalue weighted by atomic mass is 35.5. The molecule has 1 unspecified atom stereocenters. The van der Waals surface area contributed by atoms with Gasteiger partial charge in [-0.2, -0.15) is 0 Å². The number of hydrogen-bond acceptors (Lipinski definition) is 2. The Morgan fingerprint density at radius 2 is 1.72 bits per heavy atom. The summed E-state index contributed by atoms with van der Waals surface area (Å²) >= 11 is 0. The number of carbonyl (C=O) groups excluding carboxylic acids is 1. The number of benzene rings is 2. The Kier molecular flexibility index (Phi) is 6.97. The monoisotopic (exact) mass is 362 g/mol. The molecule has 1 aliphatic carbocycles. The minimum absolute atomic E-state index is 0. The first-order valence-electron chi connectivity index (χ1n) is 8.49. The minimum Gasteiger partial charge on any atom is -0.345 e. The van der Waals surface area contributed by atoms with Crippen molar-refractivity contribution in [3.8, 4) is 0 Å². The van der Waals surface area contributed by atoms with E-state index in [-0.39, 0.29) is 42.1 Å². The Balaban J connectivity index is 0.00000225. The fourth-order valence-electron chi connectivity index (χ4n) is 3.44. The number of rotatable bonds is 5. The third kappa shape index (κ3) is 5.03. The summed E-state index contributed by atoms with van der Waals surface area (Å²) in [7, 11) is 0.